The second kappa shape index (κ2) is 11.7. The Morgan fingerprint density at radius 2 is 1.71 bits per heavy atom. The van der Waals surface area contributed by atoms with Gasteiger partial charge in [-0.25, -0.2) is 0 Å². The van der Waals surface area contributed by atoms with Crippen molar-refractivity contribution in [2.24, 2.45) is 0 Å². The number of ether oxygens (including phenoxy) is 2. The smallest absolute Gasteiger partial charge is 0.416 e. The molecule has 0 aliphatic carbocycles. The Morgan fingerprint density at radius 3 is 2.35 bits per heavy atom. The molecule has 0 bridgehead atoms. The van der Waals surface area contributed by atoms with E-state index < -0.39 is 11.7 Å². The standard InChI is InChI=1S/C27H31F3O3S/c1-4-6-8-19(15-16-32-21-10-12-22(13-11-21)33-25(31)7-5-2)26-18(3)23-14-9-20(27(28,29)30)17-24(23)34-26/h9-14,17,19H,4-8,15-16H2,1-3H3. The number of alkyl halides is 3. The minimum atomic E-state index is -4.34. The van der Waals surface area contributed by atoms with Crippen molar-refractivity contribution in [2.75, 3.05) is 6.61 Å². The normalized spacial score (nSPS) is 12.6. The molecule has 184 valence electrons. The summed E-state index contributed by atoms with van der Waals surface area (Å²) < 4.78 is 51.4. The van der Waals surface area contributed by atoms with Gasteiger partial charge in [0, 0.05) is 16.0 Å². The third-order valence-corrected chi connectivity index (χ3v) is 7.24. The van der Waals surface area contributed by atoms with Gasteiger partial charge in [0.2, 0.25) is 0 Å². The summed E-state index contributed by atoms with van der Waals surface area (Å²) in [6.45, 7) is 6.55. The van der Waals surface area contributed by atoms with Crippen LogP contribution in [0.3, 0.4) is 0 Å². The van der Waals surface area contributed by atoms with Crippen LogP contribution in [0.15, 0.2) is 42.5 Å². The summed E-state index contributed by atoms with van der Waals surface area (Å²) >= 11 is 1.47. The number of fused-ring (bicyclic) bond motifs is 1. The maximum atomic E-state index is 13.2. The molecule has 0 spiro atoms. The number of esters is 1. The SMILES string of the molecule is CCCCC(CCOc1ccc(OC(=O)CCC)cc1)c1sc2cc(C(F)(F)F)ccc2c1C. The highest BCUT2D eigenvalue weighted by atomic mass is 32.1. The number of carbonyl (C=O) groups is 1. The summed E-state index contributed by atoms with van der Waals surface area (Å²) in [7, 11) is 0. The molecular weight excluding hydrogens is 461 g/mol. The van der Waals surface area contributed by atoms with E-state index in [1.807, 2.05) is 13.8 Å². The topological polar surface area (TPSA) is 35.5 Å². The first-order valence-corrected chi connectivity index (χ1v) is 12.6. The van der Waals surface area contributed by atoms with Gasteiger partial charge in [-0.05, 0) is 79.5 Å². The van der Waals surface area contributed by atoms with Crippen molar-refractivity contribution in [3.05, 3.63) is 58.5 Å². The second-order valence-electron chi connectivity index (χ2n) is 8.47. The largest absolute Gasteiger partial charge is 0.494 e. The molecule has 1 aromatic heterocycles. The van der Waals surface area contributed by atoms with E-state index in [2.05, 4.69) is 6.92 Å². The summed E-state index contributed by atoms with van der Waals surface area (Å²) in [5.74, 6) is 1.15. The van der Waals surface area contributed by atoms with E-state index in [0.717, 1.165) is 47.9 Å². The Labute approximate surface area is 202 Å². The van der Waals surface area contributed by atoms with Gasteiger partial charge in [0.25, 0.3) is 0 Å². The molecular formula is C27H31F3O3S. The summed E-state index contributed by atoms with van der Waals surface area (Å²) in [6.07, 6.45) is 0.611. The zero-order valence-corrected chi connectivity index (χ0v) is 20.7. The molecule has 34 heavy (non-hydrogen) atoms. The fourth-order valence-corrected chi connectivity index (χ4v) is 5.40. The quantitative estimate of drug-likeness (QED) is 0.198. The van der Waals surface area contributed by atoms with E-state index in [0.29, 0.717) is 29.2 Å². The van der Waals surface area contributed by atoms with Gasteiger partial charge < -0.3 is 9.47 Å². The van der Waals surface area contributed by atoms with Crippen LogP contribution in [0.2, 0.25) is 0 Å². The molecule has 0 saturated carbocycles. The Kier molecular flexibility index (Phi) is 9.00. The fraction of sp³-hybridized carbons (Fsp3) is 0.444. The van der Waals surface area contributed by atoms with Crippen LogP contribution in [-0.2, 0) is 11.0 Å². The van der Waals surface area contributed by atoms with Crippen LogP contribution >= 0.6 is 11.3 Å². The van der Waals surface area contributed by atoms with Crippen LogP contribution in [0.25, 0.3) is 10.1 Å². The van der Waals surface area contributed by atoms with Crippen molar-refractivity contribution in [1.29, 1.82) is 0 Å². The van der Waals surface area contributed by atoms with E-state index in [-0.39, 0.29) is 11.9 Å². The summed E-state index contributed by atoms with van der Waals surface area (Å²) in [5.41, 5.74) is 0.457. The molecule has 3 aromatic rings. The van der Waals surface area contributed by atoms with E-state index in [4.69, 9.17) is 9.47 Å². The average molecular weight is 493 g/mol. The molecule has 0 saturated heterocycles. The molecule has 3 rings (SSSR count). The lowest BCUT2D eigenvalue weighted by atomic mass is 9.94. The predicted octanol–water partition coefficient (Wildman–Crippen LogP) is 8.68. The lowest BCUT2D eigenvalue weighted by Gasteiger charge is -2.17. The lowest BCUT2D eigenvalue weighted by molar-refractivity contribution is -0.137. The molecule has 0 N–H and O–H groups in total. The highest BCUT2D eigenvalue weighted by Crippen LogP contribution is 2.41. The van der Waals surface area contributed by atoms with Crippen molar-refractivity contribution < 1.29 is 27.4 Å². The predicted molar refractivity (Wildman–Crippen MR) is 131 cm³/mol. The van der Waals surface area contributed by atoms with E-state index in [1.165, 1.54) is 23.5 Å². The number of halogens is 3. The van der Waals surface area contributed by atoms with Gasteiger partial charge >= 0.3 is 12.1 Å². The number of hydrogen-bond acceptors (Lipinski definition) is 4. The van der Waals surface area contributed by atoms with Crippen LogP contribution in [0.1, 0.15) is 74.3 Å². The summed E-state index contributed by atoms with van der Waals surface area (Å²) in [4.78, 5) is 12.8. The third-order valence-electron chi connectivity index (χ3n) is 5.82. The van der Waals surface area contributed by atoms with Gasteiger partial charge in [0.15, 0.2) is 0 Å². The fourth-order valence-electron chi connectivity index (χ4n) is 3.98. The molecule has 0 amide bonds. The van der Waals surface area contributed by atoms with Crippen molar-refractivity contribution in [1.82, 2.24) is 0 Å². The molecule has 0 fully saturated rings. The van der Waals surface area contributed by atoms with E-state index in [1.54, 1.807) is 30.3 Å². The van der Waals surface area contributed by atoms with Gasteiger partial charge in [-0.1, -0.05) is 32.8 Å². The third kappa shape index (κ3) is 6.75. The molecule has 0 radical (unpaired) electrons. The number of aryl methyl sites for hydroxylation is 1. The minimum Gasteiger partial charge on any atom is -0.494 e. The number of hydrogen-bond donors (Lipinski definition) is 0. The molecule has 3 nitrogen and oxygen atoms in total. The number of carbonyl (C=O) groups excluding carboxylic acids is 1. The van der Waals surface area contributed by atoms with Crippen molar-refractivity contribution in [3.63, 3.8) is 0 Å². The van der Waals surface area contributed by atoms with Crippen LogP contribution in [0.5, 0.6) is 11.5 Å². The Balaban J connectivity index is 1.69. The van der Waals surface area contributed by atoms with Crippen LogP contribution < -0.4 is 9.47 Å². The number of rotatable bonds is 11. The number of benzene rings is 2. The van der Waals surface area contributed by atoms with Crippen LogP contribution in [0.4, 0.5) is 13.2 Å². The first-order valence-electron chi connectivity index (χ1n) is 11.8. The zero-order chi connectivity index (χ0) is 24.7. The number of unbranched alkanes of at least 4 members (excludes halogenated alkanes) is 1. The molecule has 7 heteroatoms. The molecule has 1 unspecified atom stereocenters. The zero-order valence-electron chi connectivity index (χ0n) is 19.8. The molecule has 0 aliphatic heterocycles. The summed E-state index contributed by atoms with van der Waals surface area (Å²) in [5, 5.41) is 0.892. The van der Waals surface area contributed by atoms with Crippen molar-refractivity contribution in [2.45, 2.75) is 71.4 Å². The molecule has 1 atom stereocenters. The maximum absolute atomic E-state index is 13.2. The molecule has 2 aromatic carbocycles. The first kappa shape index (κ1) is 26.1. The molecule has 1 heterocycles. The monoisotopic (exact) mass is 492 g/mol. The number of thiophene rings is 1. The Hall–Kier alpha value is -2.54. The van der Waals surface area contributed by atoms with Crippen LogP contribution in [0, 0.1) is 6.92 Å². The van der Waals surface area contributed by atoms with Gasteiger partial charge in [-0.15, -0.1) is 11.3 Å². The Bertz CT molecular complexity index is 1090. The average Bonchev–Trinajstić information content (AvgIpc) is 3.12. The van der Waals surface area contributed by atoms with Crippen molar-refractivity contribution >= 4 is 27.4 Å². The second-order valence-corrected chi connectivity index (χ2v) is 9.56. The van der Waals surface area contributed by atoms with E-state index >= 15 is 0 Å². The Morgan fingerprint density at radius 1 is 1.00 bits per heavy atom. The molecule has 0 aliphatic rings. The highest BCUT2D eigenvalue weighted by molar-refractivity contribution is 7.19. The highest BCUT2D eigenvalue weighted by Gasteiger charge is 2.31. The van der Waals surface area contributed by atoms with Crippen LogP contribution in [-0.4, -0.2) is 12.6 Å². The van der Waals surface area contributed by atoms with Gasteiger partial charge in [0.05, 0.1) is 12.2 Å². The lowest BCUT2D eigenvalue weighted by Crippen LogP contribution is -2.07. The van der Waals surface area contributed by atoms with Gasteiger partial charge in [0.1, 0.15) is 11.5 Å². The van der Waals surface area contributed by atoms with E-state index in [9.17, 15) is 18.0 Å². The van der Waals surface area contributed by atoms with Crippen molar-refractivity contribution in [3.8, 4) is 11.5 Å². The van der Waals surface area contributed by atoms with Gasteiger partial charge in [-0.2, -0.15) is 13.2 Å². The minimum absolute atomic E-state index is 0.223. The first-order chi connectivity index (χ1) is 16.2. The maximum Gasteiger partial charge on any atom is 0.416 e. The van der Waals surface area contributed by atoms with Gasteiger partial charge in [-0.3, -0.25) is 4.79 Å². The summed E-state index contributed by atoms with van der Waals surface area (Å²) in [6, 6.07) is 11.0.